The van der Waals surface area contributed by atoms with Crippen LogP contribution in [0.2, 0.25) is 0 Å². The zero-order chi connectivity index (χ0) is 42.2. The first-order chi connectivity index (χ1) is 31.7. The first-order valence-corrected chi connectivity index (χ1v) is 21.7. The minimum absolute atomic E-state index is 0.586. The summed E-state index contributed by atoms with van der Waals surface area (Å²) in [5.41, 5.74) is 16.1. The van der Waals surface area contributed by atoms with E-state index in [4.69, 9.17) is 19.9 Å². The Morgan fingerprint density at radius 3 is 1.42 bits per heavy atom. The van der Waals surface area contributed by atoms with E-state index in [-0.39, 0.29) is 0 Å². The topological polar surface area (TPSA) is 54.8 Å². The Hall–Kier alpha value is -8.54. The van der Waals surface area contributed by atoms with Gasteiger partial charge in [-0.2, -0.15) is 0 Å². The number of para-hydroxylation sites is 3. The summed E-state index contributed by atoms with van der Waals surface area (Å²) < 4.78 is 0. The summed E-state index contributed by atoms with van der Waals surface area (Å²) in [5, 5.41) is 3.36. The largest absolute Gasteiger partial charge is 0.310 e. The highest BCUT2D eigenvalue weighted by Crippen LogP contribution is 2.64. The smallest absolute Gasteiger partial charge is 0.164 e. The molecule has 5 heteroatoms. The third-order valence-corrected chi connectivity index (χ3v) is 13.1. The number of pyridine rings is 1. The Morgan fingerprint density at radius 1 is 0.312 bits per heavy atom. The minimum atomic E-state index is -0.586. The van der Waals surface area contributed by atoms with Gasteiger partial charge in [-0.15, -0.1) is 0 Å². The van der Waals surface area contributed by atoms with Crippen molar-refractivity contribution in [3.63, 3.8) is 0 Å². The molecule has 5 nitrogen and oxygen atoms in total. The van der Waals surface area contributed by atoms with Crippen LogP contribution in [0.3, 0.4) is 0 Å². The molecule has 298 valence electrons. The van der Waals surface area contributed by atoms with E-state index in [1.807, 2.05) is 60.7 Å². The van der Waals surface area contributed by atoms with Crippen LogP contribution in [-0.2, 0) is 5.41 Å². The zero-order valence-corrected chi connectivity index (χ0v) is 34.6. The number of rotatable bonds is 5. The number of fused-ring (bicyclic) bond motifs is 12. The van der Waals surface area contributed by atoms with Gasteiger partial charge in [-0.25, -0.2) is 19.9 Å². The van der Waals surface area contributed by atoms with Crippen molar-refractivity contribution in [1.29, 1.82) is 0 Å². The molecule has 0 fully saturated rings. The zero-order valence-electron chi connectivity index (χ0n) is 34.6. The molecular formula is C59H37N5. The monoisotopic (exact) mass is 815 g/mol. The minimum Gasteiger partial charge on any atom is -0.310 e. The average Bonchev–Trinajstić information content (AvgIpc) is 3.67. The van der Waals surface area contributed by atoms with Crippen molar-refractivity contribution in [1.82, 2.24) is 19.9 Å². The fourth-order valence-corrected chi connectivity index (χ4v) is 10.3. The van der Waals surface area contributed by atoms with Crippen molar-refractivity contribution >= 4 is 38.7 Å². The summed E-state index contributed by atoms with van der Waals surface area (Å²) in [7, 11) is 0. The molecule has 0 N–H and O–H groups in total. The van der Waals surface area contributed by atoms with Crippen LogP contribution in [0.25, 0.3) is 78.2 Å². The maximum Gasteiger partial charge on any atom is 0.164 e. The number of nitrogens with zero attached hydrogens (tertiary/aromatic N) is 5. The second-order valence-corrected chi connectivity index (χ2v) is 16.5. The van der Waals surface area contributed by atoms with Crippen LogP contribution in [-0.4, -0.2) is 19.9 Å². The van der Waals surface area contributed by atoms with Gasteiger partial charge in [0.25, 0.3) is 0 Å². The fourth-order valence-electron chi connectivity index (χ4n) is 10.3. The number of hydrogen-bond acceptors (Lipinski definition) is 5. The summed E-state index contributed by atoms with van der Waals surface area (Å²) in [4.78, 5) is 22.9. The Bertz CT molecular complexity index is 3500. The second-order valence-electron chi connectivity index (χ2n) is 16.5. The summed E-state index contributed by atoms with van der Waals surface area (Å²) in [5.74, 6) is 1.89. The maximum atomic E-state index is 5.50. The Morgan fingerprint density at radius 2 is 0.797 bits per heavy atom. The molecule has 1 aliphatic heterocycles. The lowest BCUT2D eigenvalue weighted by atomic mass is 9.64. The van der Waals surface area contributed by atoms with Gasteiger partial charge in [-0.3, -0.25) is 0 Å². The van der Waals surface area contributed by atoms with Crippen molar-refractivity contribution in [2.45, 2.75) is 5.41 Å². The predicted octanol–water partition coefficient (Wildman–Crippen LogP) is 14.4. The van der Waals surface area contributed by atoms with Crippen LogP contribution in [0, 0.1) is 0 Å². The highest BCUT2D eigenvalue weighted by molar-refractivity contribution is 6.14. The van der Waals surface area contributed by atoms with E-state index < -0.39 is 5.41 Å². The molecule has 9 aromatic carbocycles. The molecule has 64 heavy (non-hydrogen) atoms. The average molecular weight is 816 g/mol. The Balaban J connectivity index is 1.07. The first-order valence-electron chi connectivity index (χ1n) is 21.7. The predicted molar refractivity (Wildman–Crippen MR) is 260 cm³/mol. The molecule has 0 saturated heterocycles. The lowest BCUT2D eigenvalue weighted by Crippen LogP contribution is -2.36. The number of anilines is 3. The van der Waals surface area contributed by atoms with Gasteiger partial charge in [0.05, 0.1) is 28.0 Å². The molecule has 0 unspecified atom stereocenters. The van der Waals surface area contributed by atoms with Crippen molar-refractivity contribution < 1.29 is 0 Å². The lowest BCUT2D eigenvalue weighted by molar-refractivity contribution is 0.754. The van der Waals surface area contributed by atoms with E-state index in [1.54, 1.807) is 0 Å². The molecule has 0 bridgehead atoms. The molecule has 3 heterocycles. The first kappa shape index (κ1) is 36.1. The molecule has 1 aliphatic carbocycles. The number of hydrogen-bond donors (Lipinski definition) is 0. The molecule has 2 aliphatic rings. The standard InChI is InChI=1S/C59H37N5/c1-4-18-39(19-5-1)56-61-57(40-20-6-2-7-21-40)63-58(62-56)41-34-32-38(33-35-41)55-47-36-51-54(37-46(47)45-26-12-16-30-52(45)60-55)64(42-22-8-3-9-23-42)53-31-17-15-29-50(53)59(51)48-27-13-10-24-43(48)44-25-11-14-28-49(44)59/h1-37H. The van der Waals surface area contributed by atoms with Gasteiger partial charge in [0.15, 0.2) is 17.5 Å². The van der Waals surface area contributed by atoms with Gasteiger partial charge in [0.1, 0.15) is 0 Å². The third-order valence-electron chi connectivity index (χ3n) is 13.1. The quantitative estimate of drug-likeness (QED) is 0.162. The SMILES string of the molecule is c1ccc(-c2nc(-c3ccccc3)nc(-c3ccc(-c4nc5ccccc5c5cc6c(cc45)C4(c5ccccc5-c5ccccc54)c4ccccc4N6c4ccccc4)cc3)n2)cc1. The molecule has 1 spiro atoms. The maximum absolute atomic E-state index is 5.50. The van der Waals surface area contributed by atoms with Crippen molar-refractivity contribution in [3.8, 4) is 56.5 Å². The van der Waals surface area contributed by atoms with Crippen LogP contribution in [0.15, 0.2) is 224 Å². The van der Waals surface area contributed by atoms with Gasteiger partial charge in [0, 0.05) is 38.7 Å². The van der Waals surface area contributed by atoms with Crippen molar-refractivity contribution in [2.75, 3.05) is 4.90 Å². The lowest BCUT2D eigenvalue weighted by Gasteiger charge is -2.45. The normalized spacial score (nSPS) is 13.1. The molecule has 11 aromatic rings. The second kappa shape index (κ2) is 14.3. The highest BCUT2D eigenvalue weighted by atomic mass is 15.2. The van der Waals surface area contributed by atoms with Crippen molar-refractivity contribution in [2.24, 2.45) is 0 Å². The number of aromatic nitrogens is 4. The van der Waals surface area contributed by atoms with E-state index >= 15 is 0 Å². The van der Waals surface area contributed by atoms with Crippen LogP contribution < -0.4 is 4.90 Å². The third kappa shape index (κ3) is 5.37. The summed E-state index contributed by atoms with van der Waals surface area (Å²) in [6.07, 6.45) is 0. The summed E-state index contributed by atoms with van der Waals surface area (Å²) in [6.45, 7) is 0. The van der Waals surface area contributed by atoms with E-state index in [1.165, 1.54) is 39.1 Å². The van der Waals surface area contributed by atoms with Crippen molar-refractivity contribution in [3.05, 3.63) is 247 Å². The fraction of sp³-hybridized carbons (Fsp3) is 0.0169. The van der Waals surface area contributed by atoms with Gasteiger partial charge < -0.3 is 4.90 Å². The molecular weight excluding hydrogens is 779 g/mol. The van der Waals surface area contributed by atoms with E-state index in [2.05, 4.69) is 169 Å². The Kier molecular flexibility index (Phi) is 8.06. The Labute approximate surface area is 370 Å². The van der Waals surface area contributed by atoms with E-state index in [0.29, 0.717) is 17.5 Å². The van der Waals surface area contributed by atoms with Crippen LogP contribution >= 0.6 is 0 Å². The van der Waals surface area contributed by atoms with Gasteiger partial charge in [-0.05, 0) is 75.2 Å². The summed E-state index contributed by atoms with van der Waals surface area (Å²) in [6, 6.07) is 80.0. The summed E-state index contributed by atoms with van der Waals surface area (Å²) >= 11 is 0. The molecule has 0 amide bonds. The van der Waals surface area contributed by atoms with Gasteiger partial charge in [0.2, 0.25) is 0 Å². The van der Waals surface area contributed by atoms with Gasteiger partial charge >= 0.3 is 0 Å². The van der Waals surface area contributed by atoms with Crippen LogP contribution in [0.1, 0.15) is 22.3 Å². The molecule has 13 rings (SSSR count). The highest BCUT2D eigenvalue weighted by Gasteiger charge is 2.51. The molecule has 0 radical (unpaired) electrons. The van der Waals surface area contributed by atoms with Crippen LogP contribution in [0.5, 0.6) is 0 Å². The van der Waals surface area contributed by atoms with Gasteiger partial charge in [-0.1, -0.05) is 188 Å². The van der Waals surface area contributed by atoms with Crippen LogP contribution in [0.4, 0.5) is 17.1 Å². The van der Waals surface area contributed by atoms with E-state index in [9.17, 15) is 0 Å². The molecule has 0 atom stereocenters. The number of benzene rings is 9. The molecule has 0 saturated carbocycles. The van der Waals surface area contributed by atoms with E-state index in [0.717, 1.165) is 61.0 Å². The molecule has 2 aromatic heterocycles.